The van der Waals surface area contributed by atoms with Crippen molar-refractivity contribution in [2.45, 2.75) is 64.7 Å². The zero-order chi connectivity index (χ0) is 27.3. The van der Waals surface area contributed by atoms with Crippen LogP contribution in [0.15, 0.2) is 41.3 Å². The molecule has 6 nitrogen and oxygen atoms in total. The van der Waals surface area contributed by atoms with E-state index in [-0.39, 0.29) is 12.0 Å². The van der Waals surface area contributed by atoms with Crippen LogP contribution in [0.5, 0.6) is 5.75 Å². The van der Waals surface area contributed by atoms with E-state index in [9.17, 15) is 14.4 Å². The highest BCUT2D eigenvalue weighted by Gasteiger charge is 2.51. The van der Waals surface area contributed by atoms with Crippen LogP contribution in [0.3, 0.4) is 0 Å². The van der Waals surface area contributed by atoms with Crippen LogP contribution >= 0.6 is 11.8 Å². The van der Waals surface area contributed by atoms with E-state index in [0.717, 1.165) is 51.1 Å². The lowest BCUT2D eigenvalue weighted by molar-refractivity contribution is -0.127. The monoisotopic (exact) mass is 544 g/mol. The summed E-state index contributed by atoms with van der Waals surface area (Å²) in [7, 11) is 0. The van der Waals surface area contributed by atoms with Gasteiger partial charge in [-0.25, -0.2) is 0 Å². The van der Waals surface area contributed by atoms with Gasteiger partial charge in [-0.3, -0.25) is 19.3 Å². The van der Waals surface area contributed by atoms with Crippen molar-refractivity contribution in [1.82, 2.24) is 4.90 Å². The quantitative estimate of drug-likeness (QED) is 0.386. The van der Waals surface area contributed by atoms with Crippen LogP contribution in [0.25, 0.3) is 6.08 Å². The molecule has 4 bridgehead atoms. The molecule has 0 atom stereocenters. The topological polar surface area (TPSA) is 75.7 Å². The van der Waals surface area contributed by atoms with Crippen molar-refractivity contribution in [2.75, 3.05) is 18.5 Å². The van der Waals surface area contributed by atoms with Crippen LogP contribution in [0, 0.1) is 31.6 Å². The lowest BCUT2D eigenvalue weighted by Gasteiger charge is -2.57. The third kappa shape index (κ3) is 5.02. The Morgan fingerprint density at radius 3 is 2.36 bits per heavy atom. The first-order chi connectivity index (χ1) is 18.7. The Morgan fingerprint density at radius 2 is 1.72 bits per heavy atom. The standard InChI is InChI=1S/C32H36N2O4S/c1-4-38-27-8-6-25(32-15-21-10-22(16-32)12-23(11-21)17-32)13-24(27)14-28-30(36)34(31(37)39-28)18-29(35)33-26-7-5-19(2)20(3)9-26/h5-9,13-14,21-23H,4,10-12,15-18H2,1-3H3,(H,33,35)/b28-14+. The molecule has 5 fully saturated rings. The fourth-order valence-electron chi connectivity index (χ4n) is 7.68. The first-order valence-corrected chi connectivity index (χ1v) is 14.9. The number of amides is 3. The van der Waals surface area contributed by atoms with E-state index in [1.54, 1.807) is 6.08 Å². The Hall–Kier alpha value is -3.06. The number of nitrogens with zero attached hydrogens (tertiary/aromatic N) is 1. The Kier molecular flexibility index (Phi) is 6.82. The van der Waals surface area contributed by atoms with Gasteiger partial charge in [0.25, 0.3) is 11.1 Å². The normalized spacial score (nSPS) is 28.4. The van der Waals surface area contributed by atoms with Crippen LogP contribution in [0.2, 0.25) is 0 Å². The van der Waals surface area contributed by atoms with E-state index >= 15 is 0 Å². The molecule has 1 aliphatic heterocycles. The Morgan fingerprint density at radius 1 is 1.03 bits per heavy atom. The van der Waals surface area contributed by atoms with E-state index in [2.05, 4.69) is 17.4 Å². The Bertz CT molecular complexity index is 1340. The molecule has 1 heterocycles. The van der Waals surface area contributed by atoms with Crippen molar-refractivity contribution >= 4 is 40.6 Å². The molecule has 1 saturated heterocycles. The van der Waals surface area contributed by atoms with Gasteiger partial charge in [-0.05, 0) is 141 Å². The molecular formula is C32H36N2O4S. The molecule has 39 heavy (non-hydrogen) atoms. The number of benzene rings is 2. The number of imide groups is 1. The van der Waals surface area contributed by atoms with Gasteiger partial charge in [0.1, 0.15) is 12.3 Å². The zero-order valence-corrected chi connectivity index (χ0v) is 23.7. The van der Waals surface area contributed by atoms with E-state index in [1.807, 2.05) is 45.0 Å². The van der Waals surface area contributed by atoms with Crippen LogP contribution in [-0.4, -0.2) is 35.1 Å². The number of rotatable bonds is 7. The smallest absolute Gasteiger partial charge is 0.294 e. The first-order valence-electron chi connectivity index (χ1n) is 14.1. The van der Waals surface area contributed by atoms with Crippen LogP contribution in [-0.2, 0) is 15.0 Å². The fraction of sp³-hybridized carbons (Fsp3) is 0.469. The minimum atomic E-state index is -0.442. The number of hydrogen-bond acceptors (Lipinski definition) is 5. The molecule has 2 aromatic carbocycles. The largest absolute Gasteiger partial charge is 0.493 e. The van der Waals surface area contributed by atoms with E-state index < -0.39 is 17.1 Å². The summed E-state index contributed by atoms with van der Waals surface area (Å²) in [5, 5.41) is 2.37. The predicted octanol–water partition coefficient (Wildman–Crippen LogP) is 6.84. The second-order valence-electron chi connectivity index (χ2n) is 12.0. The van der Waals surface area contributed by atoms with Crippen LogP contribution < -0.4 is 10.1 Å². The summed E-state index contributed by atoms with van der Waals surface area (Å²) in [6.07, 6.45) is 9.67. The molecule has 0 radical (unpaired) electrons. The summed E-state index contributed by atoms with van der Waals surface area (Å²) in [6, 6.07) is 12.1. The molecule has 7 rings (SSSR count). The van der Waals surface area contributed by atoms with Crippen molar-refractivity contribution in [1.29, 1.82) is 0 Å². The number of carbonyl (C=O) groups excluding carboxylic acids is 3. The molecular weight excluding hydrogens is 508 g/mol. The SMILES string of the molecule is CCOc1ccc(C23CC4CC(CC(C4)C2)C3)cc1/C=C1/SC(=O)N(CC(=O)Nc2ccc(C)c(C)c2)C1=O. The molecule has 3 amide bonds. The minimum Gasteiger partial charge on any atom is -0.493 e. The van der Waals surface area contributed by atoms with Gasteiger partial charge in [0.15, 0.2) is 0 Å². The highest BCUT2D eigenvalue weighted by Crippen LogP contribution is 2.61. The number of thioether (sulfide) groups is 1. The molecule has 7 heteroatoms. The lowest BCUT2D eigenvalue weighted by Crippen LogP contribution is -2.48. The van der Waals surface area contributed by atoms with Crippen molar-refractivity contribution in [3.05, 3.63) is 63.6 Å². The number of anilines is 1. The highest BCUT2D eigenvalue weighted by atomic mass is 32.2. The average Bonchev–Trinajstić information content (AvgIpc) is 3.14. The summed E-state index contributed by atoms with van der Waals surface area (Å²) in [4.78, 5) is 40.1. The van der Waals surface area contributed by atoms with Crippen LogP contribution in [0.4, 0.5) is 10.5 Å². The van der Waals surface area contributed by atoms with E-state index in [1.165, 1.54) is 44.1 Å². The van der Waals surface area contributed by atoms with Gasteiger partial charge < -0.3 is 10.1 Å². The average molecular weight is 545 g/mol. The van der Waals surface area contributed by atoms with Crippen molar-refractivity contribution in [3.8, 4) is 5.75 Å². The van der Waals surface area contributed by atoms with E-state index in [4.69, 9.17) is 4.74 Å². The maximum atomic E-state index is 13.3. The summed E-state index contributed by atoms with van der Waals surface area (Å²) < 4.78 is 5.93. The van der Waals surface area contributed by atoms with Crippen LogP contribution in [0.1, 0.15) is 67.7 Å². The molecule has 4 saturated carbocycles. The molecule has 0 aromatic heterocycles. The summed E-state index contributed by atoms with van der Waals surface area (Å²) in [6.45, 7) is 6.11. The number of hydrogen-bond donors (Lipinski definition) is 1. The van der Waals surface area contributed by atoms with E-state index in [0.29, 0.717) is 22.9 Å². The molecule has 204 valence electrons. The van der Waals surface area contributed by atoms with Crippen molar-refractivity contribution < 1.29 is 19.1 Å². The molecule has 0 spiro atoms. The molecule has 2 aromatic rings. The number of carbonyl (C=O) groups is 3. The van der Waals surface area contributed by atoms with Gasteiger partial charge in [0, 0.05) is 11.3 Å². The molecule has 1 N–H and O–H groups in total. The third-order valence-electron chi connectivity index (χ3n) is 9.21. The minimum absolute atomic E-state index is 0.216. The fourth-order valence-corrected chi connectivity index (χ4v) is 8.51. The van der Waals surface area contributed by atoms with Crippen molar-refractivity contribution in [3.63, 3.8) is 0 Å². The van der Waals surface area contributed by atoms with Gasteiger partial charge in [-0.15, -0.1) is 0 Å². The second-order valence-corrected chi connectivity index (χ2v) is 13.0. The zero-order valence-electron chi connectivity index (χ0n) is 22.9. The maximum Gasteiger partial charge on any atom is 0.294 e. The highest BCUT2D eigenvalue weighted by molar-refractivity contribution is 8.18. The number of nitrogens with one attached hydrogen (secondary N) is 1. The summed E-state index contributed by atoms with van der Waals surface area (Å²) >= 11 is 0.884. The Balaban J connectivity index is 1.23. The van der Waals surface area contributed by atoms with Gasteiger partial charge in [0.05, 0.1) is 11.5 Å². The Labute approximate surface area is 234 Å². The van der Waals surface area contributed by atoms with Gasteiger partial charge in [-0.2, -0.15) is 0 Å². The number of aryl methyl sites for hydroxylation is 2. The second kappa shape index (κ2) is 10.2. The summed E-state index contributed by atoms with van der Waals surface area (Å²) in [5.74, 6) is 2.36. The lowest BCUT2D eigenvalue weighted by atomic mass is 9.48. The first kappa shape index (κ1) is 26.2. The summed E-state index contributed by atoms with van der Waals surface area (Å²) in [5.41, 5.74) is 5.21. The molecule has 4 aliphatic carbocycles. The van der Waals surface area contributed by atoms with Gasteiger partial charge >= 0.3 is 0 Å². The molecule has 0 unspecified atom stereocenters. The van der Waals surface area contributed by atoms with Gasteiger partial charge in [-0.1, -0.05) is 12.1 Å². The van der Waals surface area contributed by atoms with Gasteiger partial charge in [0.2, 0.25) is 5.91 Å². The third-order valence-corrected chi connectivity index (χ3v) is 10.1. The number of ether oxygens (including phenoxy) is 1. The molecule has 5 aliphatic rings. The van der Waals surface area contributed by atoms with Crippen molar-refractivity contribution in [2.24, 2.45) is 17.8 Å². The predicted molar refractivity (Wildman–Crippen MR) is 155 cm³/mol. The maximum absolute atomic E-state index is 13.3.